The normalized spacial score (nSPS) is 27.1. The van der Waals surface area contributed by atoms with Crippen molar-refractivity contribution in [1.29, 1.82) is 0 Å². The summed E-state index contributed by atoms with van der Waals surface area (Å²) >= 11 is 0. The van der Waals surface area contributed by atoms with Gasteiger partial charge in [0.15, 0.2) is 0 Å². The van der Waals surface area contributed by atoms with Crippen molar-refractivity contribution in [2.45, 2.75) is 63.4 Å². The molecule has 1 aromatic rings. The fourth-order valence-electron chi connectivity index (χ4n) is 5.29. The molecule has 152 valence electrons. The van der Waals surface area contributed by atoms with Gasteiger partial charge >= 0.3 is 5.97 Å². The van der Waals surface area contributed by atoms with Crippen LogP contribution in [-0.4, -0.2) is 47.7 Å². The van der Waals surface area contributed by atoms with E-state index in [1.165, 1.54) is 37.7 Å². The Morgan fingerprint density at radius 2 is 1.61 bits per heavy atom. The lowest BCUT2D eigenvalue weighted by molar-refractivity contribution is -0.145. The van der Waals surface area contributed by atoms with Gasteiger partial charge in [0.2, 0.25) is 0 Å². The number of carbonyl (C=O) groups is 2. The van der Waals surface area contributed by atoms with E-state index in [0.29, 0.717) is 32.0 Å². The summed E-state index contributed by atoms with van der Waals surface area (Å²) in [6.07, 6.45) is 8.56. The molecule has 1 saturated carbocycles. The summed E-state index contributed by atoms with van der Waals surface area (Å²) in [5.74, 6) is -0.155. The van der Waals surface area contributed by atoms with Crippen LogP contribution in [0.15, 0.2) is 24.3 Å². The Morgan fingerprint density at radius 1 is 0.929 bits per heavy atom. The second-order valence-electron chi connectivity index (χ2n) is 8.66. The molecular formula is C23H31NO4. The van der Waals surface area contributed by atoms with E-state index >= 15 is 0 Å². The molecule has 5 heteroatoms. The zero-order chi connectivity index (χ0) is 19.5. The van der Waals surface area contributed by atoms with E-state index in [1.54, 1.807) is 0 Å². The maximum atomic E-state index is 12.9. The van der Waals surface area contributed by atoms with Crippen molar-refractivity contribution in [3.63, 3.8) is 0 Å². The number of carbonyl (C=O) groups excluding carboxylic acids is 1. The average Bonchev–Trinajstić information content (AvgIpc) is 3.24. The van der Waals surface area contributed by atoms with E-state index in [1.807, 2.05) is 17.0 Å². The third kappa shape index (κ3) is 4.09. The fraction of sp³-hybridized carbons (Fsp3) is 0.652. The third-order valence-electron chi connectivity index (χ3n) is 6.98. The topological polar surface area (TPSA) is 66.8 Å². The van der Waals surface area contributed by atoms with Gasteiger partial charge in [-0.05, 0) is 61.6 Å². The molecule has 0 aromatic heterocycles. The molecule has 4 rings (SSSR count). The first kappa shape index (κ1) is 19.4. The van der Waals surface area contributed by atoms with Crippen molar-refractivity contribution < 1.29 is 19.4 Å². The Morgan fingerprint density at radius 3 is 2.25 bits per heavy atom. The molecule has 1 unspecified atom stereocenters. The summed E-state index contributed by atoms with van der Waals surface area (Å²) in [7, 11) is 0. The highest BCUT2D eigenvalue weighted by atomic mass is 16.5. The fourth-order valence-corrected chi connectivity index (χ4v) is 5.29. The molecular weight excluding hydrogens is 354 g/mol. The van der Waals surface area contributed by atoms with Gasteiger partial charge in [0.05, 0.1) is 12.0 Å². The predicted octanol–water partition coefficient (Wildman–Crippen LogP) is 4.08. The lowest BCUT2D eigenvalue weighted by Gasteiger charge is -2.35. The Labute approximate surface area is 167 Å². The molecule has 0 spiro atoms. The highest BCUT2D eigenvalue weighted by Gasteiger charge is 2.40. The Hall–Kier alpha value is -1.88. The van der Waals surface area contributed by atoms with Crippen molar-refractivity contribution in [3.8, 4) is 0 Å². The molecule has 2 saturated heterocycles. The number of likely N-dealkylation sites (tertiary alicyclic amines) is 1. The number of piperidine rings is 1. The number of rotatable bonds is 4. The molecule has 1 N–H and O–H groups in total. The van der Waals surface area contributed by atoms with Crippen LogP contribution in [0.2, 0.25) is 0 Å². The van der Waals surface area contributed by atoms with Crippen molar-refractivity contribution in [1.82, 2.24) is 4.90 Å². The first-order valence-electron chi connectivity index (χ1n) is 10.9. The number of carboxylic acid groups (broad SMARTS) is 1. The second kappa shape index (κ2) is 8.64. The third-order valence-corrected chi connectivity index (χ3v) is 6.98. The van der Waals surface area contributed by atoms with Gasteiger partial charge in [0.25, 0.3) is 5.91 Å². The molecule has 1 aromatic carbocycles. The molecule has 28 heavy (non-hydrogen) atoms. The number of aliphatic carboxylic acids is 1. The number of hydrogen-bond acceptors (Lipinski definition) is 3. The van der Waals surface area contributed by atoms with E-state index in [9.17, 15) is 14.7 Å². The predicted molar refractivity (Wildman–Crippen MR) is 106 cm³/mol. The molecule has 3 aliphatic rings. The van der Waals surface area contributed by atoms with Crippen LogP contribution in [0.25, 0.3) is 0 Å². The average molecular weight is 386 g/mol. The van der Waals surface area contributed by atoms with Crippen molar-refractivity contribution in [3.05, 3.63) is 35.4 Å². The van der Waals surface area contributed by atoms with Crippen LogP contribution in [0.5, 0.6) is 0 Å². The second-order valence-corrected chi connectivity index (χ2v) is 8.66. The summed E-state index contributed by atoms with van der Waals surface area (Å²) < 4.78 is 5.73. The van der Waals surface area contributed by atoms with E-state index in [-0.39, 0.29) is 23.8 Å². The van der Waals surface area contributed by atoms with Crippen molar-refractivity contribution >= 4 is 11.9 Å². The molecule has 5 nitrogen and oxygen atoms in total. The van der Waals surface area contributed by atoms with Crippen LogP contribution >= 0.6 is 0 Å². The number of benzene rings is 1. The molecule has 2 heterocycles. The Kier molecular flexibility index (Phi) is 6.00. The van der Waals surface area contributed by atoms with Gasteiger partial charge in [0, 0.05) is 25.3 Å². The van der Waals surface area contributed by atoms with Gasteiger partial charge in [-0.2, -0.15) is 0 Å². The maximum Gasteiger partial charge on any atom is 0.309 e. The molecule has 0 bridgehead atoms. The van der Waals surface area contributed by atoms with Crippen LogP contribution in [0.3, 0.4) is 0 Å². The van der Waals surface area contributed by atoms with E-state index in [2.05, 4.69) is 12.1 Å². The van der Waals surface area contributed by atoms with Crippen LogP contribution in [0.4, 0.5) is 0 Å². The molecule has 2 atom stereocenters. The zero-order valence-corrected chi connectivity index (χ0v) is 16.5. The monoisotopic (exact) mass is 385 g/mol. The van der Waals surface area contributed by atoms with Gasteiger partial charge in [0.1, 0.15) is 0 Å². The van der Waals surface area contributed by atoms with E-state index in [4.69, 9.17) is 4.74 Å². The standard InChI is InChI=1S/C23H31NO4/c25-22(19-8-6-17(7-9-19)16-4-2-1-3-5-16)24-13-10-18(11-14-24)21-20(23(26)27)12-15-28-21/h6-9,16,18,20-21H,1-5,10-15H2,(H,26,27)/t20?,21-/m0/s1. The summed E-state index contributed by atoms with van der Waals surface area (Å²) in [5, 5.41) is 9.38. The molecule has 0 radical (unpaired) electrons. The molecule has 2 aliphatic heterocycles. The Bertz CT molecular complexity index is 687. The van der Waals surface area contributed by atoms with Crippen LogP contribution in [0, 0.1) is 11.8 Å². The lowest BCUT2D eigenvalue weighted by atomic mass is 9.83. The van der Waals surface area contributed by atoms with Gasteiger partial charge in [-0.3, -0.25) is 9.59 Å². The highest BCUT2D eigenvalue weighted by molar-refractivity contribution is 5.94. The van der Waals surface area contributed by atoms with Crippen molar-refractivity contribution in [2.24, 2.45) is 11.8 Å². The van der Waals surface area contributed by atoms with Gasteiger partial charge in [-0.1, -0.05) is 31.4 Å². The number of hydrogen-bond donors (Lipinski definition) is 1. The number of amides is 1. The van der Waals surface area contributed by atoms with Gasteiger partial charge in [-0.15, -0.1) is 0 Å². The van der Waals surface area contributed by atoms with Crippen LogP contribution < -0.4 is 0 Å². The maximum absolute atomic E-state index is 12.9. The SMILES string of the molecule is O=C(O)C1CCO[C@H]1C1CCN(C(=O)c2ccc(C3CCCCC3)cc2)CC1. The minimum Gasteiger partial charge on any atom is -0.481 e. The van der Waals surface area contributed by atoms with Gasteiger partial charge in [-0.25, -0.2) is 0 Å². The Balaban J connectivity index is 1.33. The number of nitrogens with zero attached hydrogens (tertiary/aromatic N) is 1. The lowest BCUT2D eigenvalue weighted by Crippen LogP contribution is -2.43. The van der Waals surface area contributed by atoms with E-state index < -0.39 is 5.97 Å². The summed E-state index contributed by atoms with van der Waals surface area (Å²) in [4.78, 5) is 26.2. The van der Waals surface area contributed by atoms with Crippen LogP contribution in [-0.2, 0) is 9.53 Å². The summed E-state index contributed by atoms with van der Waals surface area (Å²) in [5.41, 5.74) is 2.13. The minimum atomic E-state index is -0.751. The van der Waals surface area contributed by atoms with Gasteiger partial charge < -0.3 is 14.7 Å². The molecule has 3 fully saturated rings. The first-order chi connectivity index (χ1) is 13.6. The van der Waals surface area contributed by atoms with E-state index in [0.717, 1.165) is 18.4 Å². The number of ether oxygens (including phenoxy) is 1. The summed E-state index contributed by atoms with van der Waals surface area (Å²) in [6.45, 7) is 1.90. The largest absolute Gasteiger partial charge is 0.481 e. The van der Waals surface area contributed by atoms with Crippen molar-refractivity contribution in [2.75, 3.05) is 19.7 Å². The smallest absolute Gasteiger partial charge is 0.309 e. The number of carboxylic acids is 1. The quantitative estimate of drug-likeness (QED) is 0.848. The highest BCUT2D eigenvalue weighted by Crippen LogP contribution is 2.34. The molecule has 1 amide bonds. The first-order valence-corrected chi connectivity index (χ1v) is 10.9. The zero-order valence-electron chi connectivity index (χ0n) is 16.5. The minimum absolute atomic E-state index is 0.0933. The molecule has 1 aliphatic carbocycles. The summed E-state index contributed by atoms with van der Waals surface area (Å²) in [6, 6.07) is 8.25. The van der Waals surface area contributed by atoms with Crippen LogP contribution in [0.1, 0.15) is 73.2 Å².